The van der Waals surface area contributed by atoms with Gasteiger partial charge in [0.2, 0.25) is 5.91 Å². The van der Waals surface area contributed by atoms with Crippen molar-refractivity contribution in [1.82, 2.24) is 4.90 Å². The minimum absolute atomic E-state index is 0.0600. The molecule has 4 heteroatoms. The molecular formula is C17H23NO3. The summed E-state index contributed by atoms with van der Waals surface area (Å²) in [6.07, 6.45) is 0. The van der Waals surface area contributed by atoms with Crippen molar-refractivity contribution in [3.05, 3.63) is 35.4 Å². The Kier molecular flexibility index (Phi) is 6.41. The minimum atomic E-state index is -0.332. The van der Waals surface area contributed by atoms with Gasteiger partial charge in [0.25, 0.3) is 0 Å². The topological polar surface area (TPSA) is 49.8 Å². The summed E-state index contributed by atoms with van der Waals surface area (Å²) in [6.45, 7) is 6.09. The van der Waals surface area contributed by atoms with Gasteiger partial charge < -0.3 is 14.7 Å². The summed E-state index contributed by atoms with van der Waals surface area (Å²) in [5.74, 6) is 5.45. The van der Waals surface area contributed by atoms with Gasteiger partial charge in [-0.2, -0.15) is 0 Å². The molecule has 0 bridgehead atoms. The molecule has 1 rings (SSSR count). The highest BCUT2D eigenvalue weighted by atomic mass is 16.5. The van der Waals surface area contributed by atoms with Gasteiger partial charge in [0.15, 0.2) is 0 Å². The van der Waals surface area contributed by atoms with Crippen LogP contribution in [-0.2, 0) is 16.1 Å². The first-order valence-corrected chi connectivity index (χ1v) is 6.89. The fraction of sp³-hybridized carbons (Fsp3) is 0.471. The van der Waals surface area contributed by atoms with E-state index in [0.29, 0.717) is 6.54 Å². The molecule has 1 aromatic carbocycles. The molecular weight excluding hydrogens is 266 g/mol. The molecule has 0 atom stereocenters. The normalized spacial score (nSPS) is 10.7. The van der Waals surface area contributed by atoms with Gasteiger partial charge in [-0.05, 0) is 32.4 Å². The zero-order valence-electron chi connectivity index (χ0n) is 13.1. The SMILES string of the molecule is CN(Cc1ccccc1C#CCO)C(=O)COC(C)(C)C. The number of aliphatic hydroxyl groups excluding tert-OH is 1. The quantitative estimate of drug-likeness (QED) is 0.860. The molecule has 0 fully saturated rings. The van der Waals surface area contributed by atoms with Gasteiger partial charge in [0.1, 0.15) is 13.2 Å². The van der Waals surface area contributed by atoms with E-state index in [9.17, 15) is 4.79 Å². The van der Waals surface area contributed by atoms with Crippen LogP contribution in [0.15, 0.2) is 24.3 Å². The molecule has 114 valence electrons. The summed E-state index contributed by atoms with van der Waals surface area (Å²) in [5.41, 5.74) is 1.44. The van der Waals surface area contributed by atoms with E-state index >= 15 is 0 Å². The fourth-order valence-electron chi connectivity index (χ4n) is 1.65. The first-order valence-electron chi connectivity index (χ1n) is 6.89. The van der Waals surface area contributed by atoms with E-state index in [2.05, 4.69) is 11.8 Å². The zero-order chi connectivity index (χ0) is 15.9. The first-order chi connectivity index (χ1) is 9.83. The Morgan fingerprint density at radius 3 is 2.62 bits per heavy atom. The summed E-state index contributed by atoms with van der Waals surface area (Å²) < 4.78 is 5.49. The second-order valence-corrected chi connectivity index (χ2v) is 5.77. The van der Waals surface area contributed by atoms with Crippen LogP contribution in [0.25, 0.3) is 0 Å². The van der Waals surface area contributed by atoms with Crippen molar-refractivity contribution in [2.24, 2.45) is 0 Å². The molecule has 1 N–H and O–H groups in total. The van der Waals surface area contributed by atoms with Gasteiger partial charge in [-0.25, -0.2) is 0 Å². The number of rotatable bonds is 4. The molecule has 0 unspecified atom stereocenters. The average Bonchev–Trinajstić information content (AvgIpc) is 2.43. The number of benzene rings is 1. The van der Waals surface area contributed by atoms with E-state index in [0.717, 1.165) is 11.1 Å². The molecule has 0 heterocycles. The number of carbonyl (C=O) groups is 1. The number of hydrogen-bond acceptors (Lipinski definition) is 3. The summed E-state index contributed by atoms with van der Waals surface area (Å²) >= 11 is 0. The van der Waals surface area contributed by atoms with Gasteiger partial charge in [-0.1, -0.05) is 30.0 Å². The molecule has 0 saturated carbocycles. The molecule has 0 aliphatic rings. The largest absolute Gasteiger partial charge is 0.384 e. The smallest absolute Gasteiger partial charge is 0.248 e. The third-order valence-corrected chi connectivity index (χ3v) is 2.78. The van der Waals surface area contributed by atoms with Crippen molar-refractivity contribution >= 4 is 5.91 Å². The Morgan fingerprint density at radius 2 is 2.00 bits per heavy atom. The lowest BCUT2D eigenvalue weighted by molar-refractivity contribution is -0.140. The van der Waals surface area contributed by atoms with Crippen molar-refractivity contribution in [1.29, 1.82) is 0 Å². The lowest BCUT2D eigenvalue weighted by Gasteiger charge is -2.23. The molecule has 0 aromatic heterocycles. The van der Waals surface area contributed by atoms with Crippen LogP contribution < -0.4 is 0 Å². The molecule has 1 amide bonds. The van der Waals surface area contributed by atoms with Crippen LogP contribution in [0.1, 0.15) is 31.9 Å². The number of carbonyl (C=O) groups excluding carboxylic acids is 1. The first kappa shape index (κ1) is 17.2. The summed E-state index contributed by atoms with van der Waals surface area (Å²) in [4.78, 5) is 13.7. The Labute approximate surface area is 126 Å². The molecule has 4 nitrogen and oxygen atoms in total. The molecule has 0 aliphatic carbocycles. The molecule has 21 heavy (non-hydrogen) atoms. The van der Waals surface area contributed by atoms with Crippen molar-refractivity contribution in [2.45, 2.75) is 32.9 Å². The molecule has 0 radical (unpaired) electrons. The third kappa shape index (κ3) is 6.44. The maximum atomic E-state index is 12.0. The fourth-order valence-corrected chi connectivity index (χ4v) is 1.65. The van der Waals surface area contributed by atoms with Gasteiger partial charge in [-0.15, -0.1) is 0 Å². The van der Waals surface area contributed by atoms with Gasteiger partial charge in [0, 0.05) is 19.2 Å². The second kappa shape index (κ2) is 7.82. The van der Waals surface area contributed by atoms with Crippen molar-refractivity contribution < 1.29 is 14.6 Å². The van der Waals surface area contributed by atoms with E-state index in [1.54, 1.807) is 11.9 Å². The maximum absolute atomic E-state index is 12.0. The maximum Gasteiger partial charge on any atom is 0.248 e. The van der Waals surface area contributed by atoms with E-state index in [-0.39, 0.29) is 24.7 Å². The highest BCUT2D eigenvalue weighted by Gasteiger charge is 2.16. The van der Waals surface area contributed by atoms with E-state index in [4.69, 9.17) is 9.84 Å². The van der Waals surface area contributed by atoms with Crippen LogP contribution in [0.5, 0.6) is 0 Å². The summed E-state index contributed by atoms with van der Waals surface area (Å²) in [6, 6.07) is 7.59. The van der Waals surface area contributed by atoms with Crippen LogP contribution >= 0.6 is 0 Å². The molecule has 0 saturated heterocycles. The van der Waals surface area contributed by atoms with Crippen LogP contribution in [0.3, 0.4) is 0 Å². The van der Waals surface area contributed by atoms with Gasteiger partial charge in [0.05, 0.1) is 5.60 Å². The van der Waals surface area contributed by atoms with Gasteiger partial charge in [-0.3, -0.25) is 4.79 Å². The summed E-state index contributed by atoms with van der Waals surface area (Å²) in [7, 11) is 1.74. The number of nitrogens with zero attached hydrogens (tertiary/aromatic N) is 1. The van der Waals surface area contributed by atoms with Crippen LogP contribution in [0, 0.1) is 11.8 Å². The van der Waals surface area contributed by atoms with Crippen LogP contribution in [0.2, 0.25) is 0 Å². The van der Waals surface area contributed by atoms with Crippen LogP contribution in [0.4, 0.5) is 0 Å². The Balaban J connectivity index is 2.70. The highest BCUT2D eigenvalue weighted by Crippen LogP contribution is 2.11. The zero-order valence-corrected chi connectivity index (χ0v) is 13.1. The minimum Gasteiger partial charge on any atom is -0.384 e. The lowest BCUT2D eigenvalue weighted by Crippen LogP contribution is -2.33. The van der Waals surface area contributed by atoms with Crippen molar-refractivity contribution in [2.75, 3.05) is 20.3 Å². The van der Waals surface area contributed by atoms with Gasteiger partial charge >= 0.3 is 0 Å². The van der Waals surface area contributed by atoms with Crippen LogP contribution in [-0.4, -0.2) is 41.8 Å². The Morgan fingerprint density at radius 1 is 1.33 bits per heavy atom. The predicted molar refractivity (Wildman–Crippen MR) is 82.6 cm³/mol. The summed E-state index contributed by atoms with van der Waals surface area (Å²) in [5, 5.41) is 8.78. The number of aliphatic hydroxyl groups is 1. The molecule has 1 aromatic rings. The Hall–Kier alpha value is -1.83. The number of likely N-dealkylation sites (N-methyl/N-ethyl adjacent to an activating group) is 1. The van der Waals surface area contributed by atoms with E-state index in [1.807, 2.05) is 45.0 Å². The second-order valence-electron chi connectivity index (χ2n) is 5.77. The number of amides is 1. The van der Waals surface area contributed by atoms with Crippen molar-refractivity contribution in [3.63, 3.8) is 0 Å². The number of ether oxygens (including phenoxy) is 1. The number of hydrogen-bond donors (Lipinski definition) is 1. The highest BCUT2D eigenvalue weighted by molar-refractivity contribution is 5.77. The Bertz CT molecular complexity index is 535. The predicted octanol–water partition coefficient (Wildman–Crippen LogP) is 1.80. The lowest BCUT2D eigenvalue weighted by atomic mass is 10.1. The van der Waals surface area contributed by atoms with E-state index < -0.39 is 0 Å². The third-order valence-electron chi connectivity index (χ3n) is 2.78. The van der Waals surface area contributed by atoms with E-state index in [1.165, 1.54) is 0 Å². The van der Waals surface area contributed by atoms with Crippen molar-refractivity contribution in [3.8, 4) is 11.8 Å². The molecule has 0 aliphatic heterocycles. The average molecular weight is 289 g/mol. The standard InChI is InChI=1S/C17H23NO3/c1-17(2,3)21-13-16(20)18(4)12-15-9-6-5-8-14(15)10-7-11-19/h5-6,8-9,19H,11-13H2,1-4H3. The monoisotopic (exact) mass is 289 g/mol. The molecule has 0 spiro atoms.